The van der Waals surface area contributed by atoms with Gasteiger partial charge in [-0.2, -0.15) is 0 Å². The largest absolute Gasteiger partial charge is 0.466 e. The Hall–Kier alpha value is -1.88. The summed E-state index contributed by atoms with van der Waals surface area (Å²) in [5.41, 5.74) is 0.764. The van der Waals surface area contributed by atoms with Gasteiger partial charge in [0.1, 0.15) is 12.3 Å². The van der Waals surface area contributed by atoms with E-state index in [0.717, 1.165) is 5.56 Å². The lowest BCUT2D eigenvalue weighted by Gasteiger charge is -2.14. The Labute approximate surface area is 134 Å². The molecule has 0 heterocycles. The second-order valence-electron chi connectivity index (χ2n) is 4.58. The van der Waals surface area contributed by atoms with E-state index in [1.54, 1.807) is 38.1 Å². The van der Waals surface area contributed by atoms with E-state index >= 15 is 0 Å². The van der Waals surface area contributed by atoms with Crippen LogP contribution in [0.4, 0.5) is 0 Å². The molecule has 1 aromatic rings. The highest BCUT2D eigenvalue weighted by atomic mass is 35.5. The SMILES string of the molecule is CCOC(=O)CC(=O)C(Cc1ccc(Cl)cc1)C(=O)OCC. The maximum atomic E-state index is 12.2. The number of benzene rings is 1. The standard InChI is InChI=1S/C16H19ClO5/c1-3-21-15(19)10-14(18)13(16(20)22-4-2)9-11-5-7-12(17)8-6-11/h5-8,13H,3-4,9-10H2,1-2H3. The van der Waals surface area contributed by atoms with Crippen LogP contribution in [0.2, 0.25) is 5.02 Å². The number of rotatable bonds is 8. The van der Waals surface area contributed by atoms with Gasteiger partial charge in [-0.3, -0.25) is 14.4 Å². The van der Waals surface area contributed by atoms with Crippen LogP contribution < -0.4 is 0 Å². The van der Waals surface area contributed by atoms with Crippen molar-refractivity contribution < 1.29 is 23.9 Å². The molecule has 1 unspecified atom stereocenters. The molecular weight excluding hydrogens is 308 g/mol. The van der Waals surface area contributed by atoms with E-state index in [9.17, 15) is 14.4 Å². The number of Topliss-reactive ketones (excluding diaryl/α,β-unsaturated/α-hetero) is 1. The minimum Gasteiger partial charge on any atom is -0.466 e. The van der Waals surface area contributed by atoms with Crippen molar-refractivity contribution in [1.29, 1.82) is 0 Å². The summed E-state index contributed by atoms with van der Waals surface area (Å²) in [5, 5.41) is 0.564. The third kappa shape index (κ3) is 5.85. The smallest absolute Gasteiger partial charge is 0.316 e. The van der Waals surface area contributed by atoms with Gasteiger partial charge in [0.2, 0.25) is 0 Å². The zero-order valence-corrected chi connectivity index (χ0v) is 13.4. The Morgan fingerprint density at radius 3 is 2.18 bits per heavy atom. The van der Waals surface area contributed by atoms with Gasteiger partial charge in [0, 0.05) is 5.02 Å². The molecule has 0 N–H and O–H groups in total. The Bertz CT molecular complexity index is 524. The fourth-order valence-electron chi connectivity index (χ4n) is 1.91. The lowest BCUT2D eigenvalue weighted by atomic mass is 9.93. The first-order chi connectivity index (χ1) is 10.5. The molecule has 0 bridgehead atoms. The molecule has 0 spiro atoms. The first-order valence-corrected chi connectivity index (χ1v) is 7.45. The molecule has 1 rings (SSSR count). The van der Waals surface area contributed by atoms with Crippen LogP contribution >= 0.6 is 11.6 Å². The topological polar surface area (TPSA) is 69.7 Å². The molecular formula is C16H19ClO5. The zero-order valence-electron chi connectivity index (χ0n) is 12.6. The summed E-state index contributed by atoms with van der Waals surface area (Å²) in [6, 6.07) is 6.81. The average molecular weight is 327 g/mol. The normalized spacial score (nSPS) is 11.6. The Morgan fingerprint density at radius 1 is 1.05 bits per heavy atom. The van der Waals surface area contributed by atoms with Gasteiger partial charge in [0.05, 0.1) is 13.2 Å². The van der Waals surface area contributed by atoms with Crippen molar-refractivity contribution in [3.8, 4) is 0 Å². The third-order valence-corrected chi connectivity index (χ3v) is 3.19. The summed E-state index contributed by atoms with van der Waals surface area (Å²) in [6.07, 6.45) is -0.279. The van der Waals surface area contributed by atoms with Gasteiger partial charge >= 0.3 is 11.9 Å². The summed E-state index contributed by atoms with van der Waals surface area (Å²) in [4.78, 5) is 35.6. The molecule has 0 aliphatic carbocycles. The Balaban J connectivity index is 2.83. The van der Waals surface area contributed by atoms with Crippen molar-refractivity contribution in [2.75, 3.05) is 13.2 Å². The molecule has 1 aromatic carbocycles. The lowest BCUT2D eigenvalue weighted by molar-refractivity contribution is -0.153. The van der Waals surface area contributed by atoms with Gasteiger partial charge in [-0.05, 0) is 38.0 Å². The fourth-order valence-corrected chi connectivity index (χ4v) is 2.03. The van der Waals surface area contributed by atoms with Gasteiger partial charge in [-0.1, -0.05) is 23.7 Å². The summed E-state index contributed by atoms with van der Waals surface area (Å²) >= 11 is 5.81. The van der Waals surface area contributed by atoms with Crippen LogP contribution in [0.15, 0.2) is 24.3 Å². The van der Waals surface area contributed by atoms with E-state index < -0.39 is 30.1 Å². The molecule has 1 atom stereocenters. The van der Waals surface area contributed by atoms with Gasteiger partial charge in [0.15, 0.2) is 5.78 Å². The third-order valence-electron chi connectivity index (χ3n) is 2.94. The Morgan fingerprint density at radius 2 is 1.64 bits per heavy atom. The first-order valence-electron chi connectivity index (χ1n) is 7.07. The molecule has 22 heavy (non-hydrogen) atoms. The van der Waals surface area contributed by atoms with Crippen molar-refractivity contribution in [1.82, 2.24) is 0 Å². The number of hydrogen-bond acceptors (Lipinski definition) is 5. The lowest BCUT2D eigenvalue weighted by Crippen LogP contribution is -2.30. The van der Waals surface area contributed by atoms with Crippen LogP contribution in [0.1, 0.15) is 25.8 Å². The van der Waals surface area contributed by atoms with Gasteiger partial charge in [-0.15, -0.1) is 0 Å². The highest BCUT2D eigenvalue weighted by Crippen LogP contribution is 2.16. The van der Waals surface area contributed by atoms with E-state index in [1.165, 1.54) is 0 Å². The summed E-state index contributed by atoms with van der Waals surface area (Å²) in [7, 11) is 0. The van der Waals surface area contributed by atoms with Gasteiger partial charge in [-0.25, -0.2) is 0 Å². The molecule has 5 nitrogen and oxygen atoms in total. The molecule has 0 saturated carbocycles. The maximum Gasteiger partial charge on any atom is 0.316 e. The van der Waals surface area contributed by atoms with E-state index in [2.05, 4.69) is 0 Å². The van der Waals surface area contributed by atoms with Gasteiger partial charge in [0.25, 0.3) is 0 Å². The zero-order chi connectivity index (χ0) is 16.5. The first kappa shape index (κ1) is 18.2. The average Bonchev–Trinajstić information content (AvgIpc) is 2.46. The van der Waals surface area contributed by atoms with Crippen molar-refractivity contribution in [3.05, 3.63) is 34.9 Å². The molecule has 0 aliphatic heterocycles. The van der Waals surface area contributed by atoms with Gasteiger partial charge < -0.3 is 9.47 Å². The molecule has 0 radical (unpaired) electrons. The predicted octanol–water partition coefficient (Wildman–Crippen LogP) is 2.58. The molecule has 120 valence electrons. The van der Waals surface area contributed by atoms with Crippen molar-refractivity contribution >= 4 is 29.3 Å². The quantitative estimate of drug-likeness (QED) is 0.542. The minimum absolute atomic E-state index is 0.161. The molecule has 0 fully saturated rings. The van der Waals surface area contributed by atoms with Crippen molar-refractivity contribution in [2.45, 2.75) is 26.7 Å². The second-order valence-corrected chi connectivity index (χ2v) is 5.02. The van der Waals surface area contributed by atoms with Crippen molar-refractivity contribution in [2.24, 2.45) is 5.92 Å². The van der Waals surface area contributed by atoms with Crippen LogP contribution in [0, 0.1) is 5.92 Å². The highest BCUT2D eigenvalue weighted by Gasteiger charge is 2.30. The molecule has 0 aromatic heterocycles. The number of carbonyl (C=O) groups excluding carboxylic acids is 3. The van der Waals surface area contributed by atoms with Crippen LogP contribution in [-0.4, -0.2) is 30.9 Å². The second kappa shape index (κ2) is 9.20. The van der Waals surface area contributed by atoms with E-state index in [1.807, 2.05) is 0 Å². The summed E-state index contributed by atoms with van der Waals surface area (Å²) in [5.74, 6) is -2.80. The molecule has 0 aliphatic rings. The number of carbonyl (C=O) groups is 3. The number of hydrogen-bond donors (Lipinski definition) is 0. The van der Waals surface area contributed by atoms with E-state index in [4.69, 9.17) is 21.1 Å². The number of ketones is 1. The molecule has 0 amide bonds. The monoisotopic (exact) mass is 326 g/mol. The molecule has 0 saturated heterocycles. The van der Waals surface area contributed by atoms with E-state index in [0.29, 0.717) is 5.02 Å². The van der Waals surface area contributed by atoms with Crippen molar-refractivity contribution in [3.63, 3.8) is 0 Å². The molecule has 6 heteroatoms. The number of esters is 2. The Kier molecular flexibility index (Phi) is 7.60. The van der Waals surface area contributed by atoms with E-state index in [-0.39, 0.29) is 19.6 Å². The number of ether oxygens (including phenoxy) is 2. The van der Waals surface area contributed by atoms with Crippen LogP contribution in [0.25, 0.3) is 0 Å². The van der Waals surface area contributed by atoms with Crippen LogP contribution in [0.5, 0.6) is 0 Å². The summed E-state index contributed by atoms with van der Waals surface area (Å²) in [6.45, 7) is 3.67. The fraction of sp³-hybridized carbons (Fsp3) is 0.438. The minimum atomic E-state index is -1.02. The maximum absolute atomic E-state index is 12.2. The number of halogens is 1. The highest BCUT2D eigenvalue weighted by molar-refractivity contribution is 6.30. The van der Waals surface area contributed by atoms with Crippen LogP contribution in [0.3, 0.4) is 0 Å². The van der Waals surface area contributed by atoms with Crippen LogP contribution in [-0.2, 0) is 30.3 Å². The predicted molar refractivity (Wildman–Crippen MR) is 81.5 cm³/mol. The summed E-state index contributed by atoms with van der Waals surface area (Å²) < 4.78 is 9.66.